The van der Waals surface area contributed by atoms with Gasteiger partial charge in [-0.3, -0.25) is 14.0 Å². The van der Waals surface area contributed by atoms with E-state index >= 15 is 0 Å². The number of aromatic nitrogens is 5. The van der Waals surface area contributed by atoms with Crippen LogP contribution >= 0.6 is 11.6 Å². The molecule has 0 bridgehead atoms. The zero-order chi connectivity index (χ0) is 21.9. The molecule has 1 aliphatic rings. The van der Waals surface area contributed by atoms with Gasteiger partial charge in [-0.05, 0) is 6.07 Å². The molecule has 4 aromatic rings. The molecule has 0 unspecified atom stereocenters. The Hall–Kier alpha value is -2.91. The molecule has 1 aromatic carbocycles. The van der Waals surface area contributed by atoms with Gasteiger partial charge >= 0.3 is 0 Å². The van der Waals surface area contributed by atoms with Gasteiger partial charge in [0, 0.05) is 75.5 Å². The SMILES string of the molecule is Cn1cc2c(Cl)c(-c3c[nH]c4nc(N5CCC(F)(CN)CC5)n(C)c(=O)c34)ccc2n1. The third-order valence-corrected chi connectivity index (χ3v) is 6.63. The van der Waals surface area contributed by atoms with Crippen LogP contribution in [0.4, 0.5) is 10.3 Å². The Bertz CT molecular complexity index is 1360. The number of hydrogen-bond donors (Lipinski definition) is 2. The minimum absolute atomic E-state index is 0.00819. The zero-order valence-electron chi connectivity index (χ0n) is 17.3. The molecule has 10 heteroatoms. The maximum atomic E-state index is 14.5. The van der Waals surface area contributed by atoms with Gasteiger partial charge in [-0.15, -0.1) is 0 Å². The van der Waals surface area contributed by atoms with Gasteiger partial charge in [-0.25, -0.2) is 4.39 Å². The minimum Gasteiger partial charge on any atom is -0.345 e. The topological polar surface area (TPSA) is 97.8 Å². The first kappa shape index (κ1) is 20.0. The highest BCUT2D eigenvalue weighted by atomic mass is 35.5. The van der Waals surface area contributed by atoms with Crippen molar-refractivity contribution in [1.82, 2.24) is 24.3 Å². The number of aromatic amines is 1. The number of piperidine rings is 1. The Kier molecular flexibility index (Phi) is 4.56. The lowest BCUT2D eigenvalue weighted by Crippen LogP contribution is -2.47. The summed E-state index contributed by atoms with van der Waals surface area (Å²) in [6, 6.07) is 3.75. The van der Waals surface area contributed by atoms with E-state index in [1.165, 1.54) is 4.57 Å². The summed E-state index contributed by atoms with van der Waals surface area (Å²) in [5.74, 6) is 0.513. The van der Waals surface area contributed by atoms with E-state index in [0.29, 0.717) is 53.5 Å². The second-order valence-electron chi connectivity index (χ2n) is 8.21. The molecule has 4 heterocycles. The number of nitrogens with zero attached hydrogens (tertiary/aromatic N) is 5. The van der Waals surface area contributed by atoms with Gasteiger partial charge in [0.1, 0.15) is 11.3 Å². The number of aryl methyl sites for hydroxylation is 1. The molecular weight excluding hydrogens is 421 g/mol. The monoisotopic (exact) mass is 443 g/mol. The maximum Gasteiger partial charge on any atom is 0.264 e. The first-order chi connectivity index (χ1) is 14.8. The molecule has 3 N–H and O–H groups in total. The second kappa shape index (κ2) is 7.06. The fourth-order valence-electron chi connectivity index (χ4n) is 4.34. The number of nitrogens with two attached hydrogens (primary N) is 1. The molecule has 5 rings (SSSR count). The summed E-state index contributed by atoms with van der Waals surface area (Å²) in [6.07, 6.45) is 4.23. The Morgan fingerprint density at radius 1 is 1.26 bits per heavy atom. The average Bonchev–Trinajstić information content (AvgIpc) is 3.35. The van der Waals surface area contributed by atoms with Crippen LogP contribution in [0.5, 0.6) is 0 Å². The van der Waals surface area contributed by atoms with Crippen molar-refractivity contribution in [3.63, 3.8) is 0 Å². The van der Waals surface area contributed by atoms with Gasteiger partial charge in [-0.1, -0.05) is 17.7 Å². The Morgan fingerprint density at radius 3 is 2.71 bits per heavy atom. The number of alkyl halides is 1. The standard InChI is InChI=1S/C21H23ClFN7O/c1-28-10-14-15(27-28)4-3-12(17(14)22)13-9-25-18-16(13)19(31)29(2)20(26-18)30-7-5-21(23,11-24)6-8-30/h3-4,9-10,25H,5-8,11,24H2,1-2H3. The molecule has 0 saturated carbocycles. The van der Waals surface area contributed by atoms with E-state index in [9.17, 15) is 9.18 Å². The molecule has 1 fully saturated rings. The lowest BCUT2D eigenvalue weighted by atomic mass is 9.94. The molecule has 0 atom stereocenters. The van der Waals surface area contributed by atoms with Crippen molar-refractivity contribution < 1.29 is 4.39 Å². The molecule has 0 spiro atoms. The first-order valence-electron chi connectivity index (χ1n) is 10.2. The lowest BCUT2D eigenvalue weighted by molar-refractivity contribution is 0.134. The molecule has 162 valence electrons. The molecule has 3 aromatic heterocycles. The van der Waals surface area contributed by atoms with Crippen molar-refractivity contribution in [3.8, 4) is 11.1 Å². The highest BCUT2D eigenvalue weighted by molar-refractivity contribution is 6.38. The number of rotatable bonds is 3. The highest BCUT2D eigenvalue weighted by Gasteiger charge is 2.34. The van der Waals surface area contributed by atoms with Crippen LogP contribution in [0.1, 0.15) is 12.8 Å². The number of H-pyrrole nitrogens is 1. The van der Waals surface area contributed by atoms with Crippen LogP contribution in [0.2, 0.25) is 5.02 Å². The summed E-state index contributed by atoms with van der Waals surface area (Å²) in [6.45, 7) is 0.918. The van der Waals surface area contributed by atoms with Crippen LogP contribution in [0.25, 0.3) is 33.1 Å². The molecule has 0 radical (unpaired) electrons. The van der Waals surface area contributed by atoms with Crippen LogP contribution in [-0.4, -0.2) is 49.6 Å². The van der Waals surface area contributed by atoms with E-state index < -0.39 is 5.67 Å². The van der Waals surface area contributed by atoms with Gasteiger partial charge in [0.2, 0.25) is 5.95 Å². The number of halogens is 2. The average molecular weight is 444 g/mol. The summed E-state index contributed by atoms with van der Waals surface area (Å²) >= 11 is 6.68. The second-order valence-corrected chi connectivity index (χ2v) is 8.58. The highest BCUT2D eigenvalue weighted by Crippen LogP contribution is 2.37. The van der Waals surface area contributed by atoms with Gasteiger partial charge in [-0.2, -0.15) is 10.1 Å². The van der Waals surface area contributed by atoms with Crippen molar-refractivity contribution in [3.05, 3.63) is 39.9 Å². The molecule has 1 saturated heterocycles. The maximum absolute atomic E-state index is 14.5. The predicted molar refractivity (Wildman–Crippen MR) is 120 cm³/mol. The normalized spacial score (nSPS) is 16.5. The van der Waals surface area contributed by atoms with Crippen molar-refractivity contribution >= 4 is 39.5 Å². The molecular formula is C21H23ClFN7O. The van der Waals surface area contributed by atoms with Crippen LogP contribution in [-0.2, 0) is 14.1 Å². The smallest absolute Gasteiger partial charge is 0.264 e. The fraction of sp³-hybridized carbons (Fsp3) is 0.381. The molecule has 8 nitrogen and oxygen atoms in total. The van der Waals surface area contributed by atoms with Gasteiger partial charge in [0.25, 0.3) is 5.56 Å². The number of anilines is 1. The van der Waals surface area contributed by atoms with Crippen molar-refractivity contribution in [2.75, 3.05) is 24.5 Å². The van der Waals surface area contributed by atoms with Gasteiger partial charge in [0.15, 0.2) is 0 Å². The number of hydrogen-bond acceptors (Lipinski definition) is 5. The zero-order valence-corrected chi connectivity index (χ0v) is 18.1. The summed E-state index contributed by atoms with van der Waals surface area (Å²) in [5, 5.41) is 6.20. The Morgan fingerprint density at radius 2 is 2.00 bits per heavy atom. The third-order valence-electron chi connectivity index (χ3n) is 6.23. The third kappa shape index (κ3) is 3.11. The molecule has 1 aliphatic heterocycles. The number of fused-ring (bicyclic) bond motifs is 2. The first-order valence-corrected chi connectivity index (χ1v) is 10.5. The van der Waals surface area contributed by atoms with Gasteiger partial charge in [0.05, 0.1) is 15.9 Å². The quantitative estimate of drug-likeness (QED) is 0.507. The van der Waals surface area contributed by atoms with Crippen LogP contribution in [0.15, 0.2) is 29.3 Å². The predicted octanol–water partition coefficient (Wildman–Crippen LogP) is 2.74. The summed E-state index contributed by atoms with van der Waals surface area (Å²) < 4.78 is 17.7. The van der Waals surface area contributed by atoms with E-state index in [1.807, 2.05) is 30.3 Å². The van der Waals surface area contributed by atoms with Crippen LogP contribution in [0.3, 0.4) is 0 Å². The lowest BCUT2D eigenvalue weighted by Gasteiger charge is -2.36. The Labute approximate surface area is 182 Å². The van der Waals surface area contributed by atoms with Crippen LogP contribution < -0.4 is 16.2 Å². The largest absolute Gasteiger partial charge is 0.345 e. The van der Waals surface area contributed by atoms with Crippen molar-refractivity contribution in [2.45, 2.75) is 18.5 Å². The summed E-state index contributed by atoms with van der Waals surface area (Å²) in [5.41, 5.74) is 6.73. The van der Waals surface area contributed by atoms with E-state index in [4.69, 9.17) is 22.3 Å². The Balaban J connectivity index is 1.60. The van der Waals surface area contributed by atoms with E-state index in [-0.39, 0.29) is 12.1 Å². The summed E-state index contributed by atoms with van der Waals surface area (Å²) in [7, 11) is 3.52. The summed E-state index contributed by atoms with van der Waals surface area (Å²) in [4.78, 5) is 23.1. The van der Waals surface area contributed by atoms with E-state index in [1.54, 1.807) is 17.9 Å². The van der Waals surface area contributed by atoms with Crippen molar-refractivity contribution in [1.29, 1.82) is 0 Å². The molecule has 0 amide bonds. The molecule has 0 aliphatic carbocycles. The fourth-order valence-corrected chi connectivity index (χ4v) is 4.65. The van der Waals surface area contributed by atoms with E-state index in [2.05, 4.69) is 10.1 Å². The van der Waals surface area contributed by atoms with E-state index in [0.717, 1.165) is 16.5 Å². The minimum atomic E-state index is -1.35. The van der Waals surface area contributed by atoms with Crippen LogP contribution in [0, 0.1) is 0 Å². The number of benzene rings is 1. The number of nitrogens with one attached hydrogen (secondary N) is 1. The van der Waals surface area contributed by atoms with Gasteiger partial charge < -0.3 is 15.6 Å². The molecule has 31 heavy (non-hydrogen) atoms. The van der Waals surface area contributed by atoms with Crippen molar-refractivity contribution in [2.24, 2.45) is 19.8 Å².